The van der Waals surface area contributed by atoms with Crippen molar-refractivity contribution in [2.75, 3.05) is 0 Å². The van der Waals surface area contributed by atoms with E-state index in [0.717, 1.165) is 11.1 Å². The Morgan fingerprint density at radius 1 is 1.05 bits per heavy atom. The van der Waals surface area contributed by atoms with Gasteiger partial charge < -0.3 is 9.84 Å². The molecule has 2 aromatic carbocycles. The van der Waals surface area contributed by atoms with Crippen LogP contribution in [0.1, 0.15) is 29.8 Å². The summed E-state index contributed by atoms with van der Waals surface area (Å²) in [6.07, 6.45) is -0.276. The Labute approximate surface area is 121 Å². The molecule has 3 rings (SSSR count). The fraction of sp³-hybridized carbons (Fsp3) is 0.200. The molecule has 0 bridgehead atoms. The van der Waals surface area contributed by atoms with Gasteiger partial charge >= 0.3 is 0 Å². The van der Waals surface area contributed by atoms with E-state index in [1.165, 1.54) is 0 Å². The Bertz CT molecular complexity index is 593. The molecule has 0 saturated heterocycles. The molecular formula is C15H12Cl2O2. The number of hydrogen-bond donors (Lipinski definition) is 1. The molecule has 0 saturated carbocycles. The summed E-state index contributed by atoms with van der Waals surface area (Å²) in [6.45, 7) is 0. The van der Waals surface area contributed by atoms with Gasteiger partial charge in [0.25, 0.3) is 0 Å². The van der Waals surface area contributed by atoms with Gasteiger partial charge in [0, 0.05) is 22.0 Å². The molecule has 0 aromatic heterocycles. The van der Waals surface area contributed by atoms with E-state index in [9.17, 15) is 5.11 Å². The molecule has 0 fully saturated rings. The molecule has 0 spiro atoms. The molecule has 1 unspecified atom stereocenters. The largest absolute Gasteiger partial charge is 0.485 e. The Kier molecular flexibility index (Phi) is 3.40. The molecule has 2 aromatic rings. The summed E-state index contributed by atoms with van der Waals surface area (Å²) >= 11 is 12.0. The zero-order chi connectivity index (χ0) is 13.4. The number of ether oxygens (including phenoxy) is 1. The van der Waals surface area contributed by atoms with Crippen molar-refractivity contribution in [1.29, 1.82) is 0 Å². The van der Waals surface area contributed by atoms with Gasteiger partial charge in [0.15, 0.2) is 0 Å². The van der Waals surface area contributed by atoms with Crippen molar-refractivity contribution < 1.29 is 9.84 Å². The average molecular weight is 295 g/mol. The summed E-state index contributed by atoms with van der Waals surface area (Å²) in [4.78, 5) is 0. The Morgan fingerprint density at radius 2 is 1.74 bits per heavy atom. The van der Waals surface area contributed by atoms with Crippen molar-refractivity contribution in [3.63, 3.8) is 0 Å². The standard InChI is InChI=1S/C15H12Cl2O2/c16-10-5-9(6-11(17)7-10)15-8-13(18)12-3-1-2-4-14(12)19-15/h1-7,13,15,18H,8H2/t13-,15?/m0/s1. The second kappa shape index (κ2) is 5.04. The maximum absolute atomic E-state index is 10.2. The molecule has 0 amide bonds. The highest BCUT2D eigenvalue weighted by Crippen LogP contribution is 2.41. The van der Waals surface area contributed by atoms with Crippen molar-refractivity contribution in [3.8, 4) is 5.75 Å². The summed E-state index contributed by atoms with van der Waals surface area (Å²) in [6, 6.07) is 12.8. The predicted octanol–water partition coefficient (Wildman–Crippen LogP) is 4.55. The zero-order valence-electron chi connectivity index (χ0n) is 10.0. The SMILES string of the molecule is O[C@H]1CC(c2cc(Cl)cc(Cl)c2)Oc2ccccc21. The smallest absolute Gasteiger partial charge is 0.127 e. The Balaban J connectivity index is 1.96. The first-order valence-electron chi connectivity index (χ1n) is 6.03. The van der Waals surface area contributed by atoms with Crippen LogP contribution in [-0.4, -0.2) is 5.11 Å². The van der Waals surface area contributed by atoms with E-state index in [4.69, 9.17) is 27.9 Å². The van der Waals surface area contributed by atoms with Crippen LogP contribution in [0, 0.1) is 0 Å². The van der Waals surface area contributed by atoms with Crippen LogP contribution < -0.4 is 4.74 Å². The van der Waals surface area contributed by atoms with Gasteiger partial charge in [-0.3, -0.25) is 0 Å². The molecular weight excluding hydrogens is 283 g/mol. The van der Waals surface area contributed by atoms with Gasteiger partial charge in [-0.15, -0.1) is 0 Å². The van der Waals surface area contributed by atoms with E-state index in [1.807, 2.05) is 36.4 Å². The summed E-state index contributed by atoms with van der Waals surface area (Å²) in [7, 11) is 0. The summed E-state index contributed by atoms with van der Waals surface area (Å²) < 4.78 is 5.92. The third kappa shape index (κ3) is 2.57. The first-order chi connectivity index (χ1) is 9.13. The van der Waals surface area contributed by atoms with Crippen LogP contribution in [0.5, 0.6) is 5.75 Å². The highest BCUT2D eigenvalue weighted by molar-refractivity contribution is 6.34. The summed E-state index contributed by atoms with van der Waals surface area (Å²) in [5, 5.41) is 11.3. The van der Waals surface area contributed by atoms with Crippen molar-refractivity contribution in [2.45, 2.75) is 18.6 Å². The maximum atomic E-state index is 10.2. The van der Waals surface area contributed by atoms with Crippen LogP contribution in [0.3, 0.4) is 0 Å². The van der Waals surface area contributed by atoms with Gasteiger partial charge in [-0.2, -0.15) is 0 Å². The van der Waals surface area contributed by atoms with E-state index in [0.29, 0.717) is 22.2 Å². The minimum atomic E-state index is -0.535. The quantitative estimate of drug-likeness (QED) is 0.836. The van der Waals surface area contributed by atoms with Crippen LogP contribution in [0.4, 0.5) is 0 Å². The Hall–Kier alpha value is -1.22. The lowest BCUT2D eigenvalue weighted by Gasteiger charge is -2.30. The topological polar surface area (TPSA) is 29.5 Å². The minimum absolute atomic E-state index is 0.235. The molecule has 1 aliphatic heterocycles. The lowest BCUT2D eigenvalue weighted by Crippen LogP contribution is -2.18. The van der Waals surface area contributed by atoms with Gasteiger partial charge in [0.1, 0.15) is 11.9 Å². The molecule has 1 aliphatic rings. The number of aliphatic hydroxyl groups excluding tert-OH is 1. The molecule has 98 valence electrons. The number of halogens is 2. The van der Waals surface area contributed by atoms with Crippen LogP contribution in [0.2, 0.25) is 10.0 Å². The second-order valence-corrected chi connectivity index (χ2v) is 5.47. The van der Waals surface area contributed by atoms with Crippen molar-refractivity contribution >= 4 is 23.2 Å². The monoisotopic (exact) mass is 294 g/mol. The highest BCUT2D eigenvalue weighted by Gasteiger charge is 2.27. The number of fused-ring (bicyclic) bond motifs is 1. The Morgan fingerprint density at radius 3 is 2.47 bits per heavy atom. The zero-order valence-corrected chi connectivity index (χ0v) is 11.5. The number of para-hydroxylation sites is 1. The first kappa shape index (κ1) is 12.8. The van der Waals surface area contributed by atoms with Crippen LogP contribution in [-0.2, 0) is 0 Å². The third-order valence-corrected chi connectivity index (χ3v) is 3.68. The van der Waals surface area contributed by atoms with Gasteiger partial charge in [0.2, 0.25) is 0 Å². The van der Waals surface area contributed by atoms with Gasteiger partial charge in [-0.05, 0) is 29.8 Å². The number of benzene rings is 2. The molecule has 1 N–H and O–H groups in total. The van der Waals surface area contributed by atoms with Crippen LogP contribution >= 0.6 is 23.2 Å². The summed E-state index contributed by atoms with van der Waals surface area (Å²) in [5.41, 5.74) is 1.71. The number of aliphatic hydroxyl groups is 1. The molecule has 2 nitrogen and oxygen atoms in total. The van der Waals surface area contributed by atoms with Gasteiger partial charge in [0.05, 0.1) is 6.10 Å². The first-order valence-corrected chi connectivity index (χ1v) is 6.79. The van der Waals surface area contributed by atoms with E-state index in [2.05, 4.69) is 0 Å². The third-order valence-electron chi connectivity index (χ3n) is 3.24. The fourth-order valence-corrected chi connectivity index (χ4v) is 2.90. The van der Waals surface area contributed by atoms with Crippen molar-refractivity contribution in [1.82, 2.24) is 0 Å². The second-order valence-electron chi connectivity index (χ2n) is 4.60. The highest BCUT2D eigenvalue weighted by atomic mass is 35.5. The average Bonchev–Trinajstić information content (AvgIpc) is 2.37. The normalized spacial score (nSPS) is 21.6. The van der Waals surface area contributed by atoms with E-state index in [-0.39, 0.29) is 6.10 Å². The molecule has 0 aliphatic carbocycles. The van der Waals surface area contributed by atoms with Crippen LogP contribution in [0.25, 0.3) is 0 Å². The van der Waals surface area contributed by atoms with Gasteiger partial charge in [-0.1, -0.05) is 41.4 Å². The maximum Gasteiger partial charge on any atom is 0.127 e. The number of hydrogen-bond acceptors (Lipinski definition) is 2. The van der Waals surface area contributed by atoms with Gasteiger partial charge in [-0.25, -0.2) is 0 Å². The molecule has 1 heterocycles. The van der Waals surface area contributed by atoms with Crippen molar-refractivity contribution in [2.24, 2.45) is 0 Å². The minimum Gasteiger partial charge on any atom is -0.485 e. The summed E-state index contributed by atoms with van der Waals surface area (Å²) in [5.74, 6) is 0.711. The van der Waals surface area contributed by atoms with E-state index < -0.39 is 6.10 Å². The van der Waals surface area contributed by atoms with Crippen molar-refractivity contribution in [3.05, 3.63) is 63.6 Å². The lowest BCUT2D eigenvalue weighted by atomic mass is 9.95. The lowest BCUT2D eigenvalue weighted by molar-refractivity contribution is 0.0657. The molecule has 0 radical (unpaired) electrons. The molecule has 19 heavy (non-hydrogen) atoms. The number of rotatable bonds is 1. The molecule has 4 heteroatoms. The predicted molar refractivity (Wildman–Crippen MR) is 75.8 cm³/mol. The van der Waals surface area contributed by atoms with Crippen LogP contribution in [0.15, 0.2) is 42.5 Å². The van der Waals surface area contributed by atoms with E-state index >= 15 is 0 Å². The molecule has 2 atom stereocenters. The fourth-order valence-electron chi connectivity index (χ4n) is 2.36. The van der Waals surface area contributed by atoms with E-state index in [1.54, 1.807) is 6.07 Å².